The number of amides is 1. The van der Waals surface area contributed by atoms with Crippen LogP contribution in [-0.4, -0.2) is 38.3 Å². The molecule has 0 aliphatic carbocycles. The highest BCUT2D eigenvalue weighted by atomic mass is 35.5. The summed E-state index contributed by atoms with van der Waals surface area (Å²) in [4.78, 5) is 15.3. The van der Waals surface area contributed by atoms with Crippen molar-refractivity contribution in [3.05, 3.63) is 92.6 Å². The van der Waals surface area contributed by atoms with Gasteiger partial charge in [-0.05, 0) is 53.9 Å². The molecule has 0 saturated carbocycles. The Kier molecular flexibility index (Phi) is 5.83. The monoisotopic (exact) mass is 509 g/mol. The Morgan fingerprint density at radius 2 is 1.83 bits per heavy atom. The van der Waals surface area contributed by atoms with E-state index in [1.165, 1.54) is 13.2 Å². The van der Waals surface area contributed by atoms with E-state index in [1.807, 2.05) is 18.2 Å². The fourth-order valence-electron chi connectivity index (χ4n) is 4.44. The Bertz CT molecular complexity index is 1470. The van der Waals surface area contributed by atoms with E-state index in [1.54, 1.807) is 42.2 Å². The number of phenolic OH excluding ortho intramolecular Hbond substituents is 2. The smallest absolute Gasteiger partial charge is 0.273 e. The molecule has 0 radical (unpaired) electrons. The molecule has 3 N–H and O–H groups in total. The lowest BCUT2D eigenvalue weighted by molar-refractivity contribution is 0.0730. The summed E-state index contributed by atoms with van der Waals surface area (Å²) >= 11 is 12.8. The van der Waals surface area contributed by atoms with E-state index in [2.05, 4.69) is 10.2 Å². The number of carbonyl (C=O) groups excluding carboxylic acids is 1. The number of aromatic nitrogens is 2. The van der Waals surface area contributed by atoms with Gasteiger partial charge in [0, 0.05) is 27.7 Å². The van der Waals surface area contributed by atoms with Crippen molar-refractivity contribution in [2.24, 2.45) is 0 Å². The van der Waals surface area contributed by atoms with Crippen LogP contribution in [0.15, 0.2) is 54.6 Å². The molecule has 7 nitrogen and oxygen atoms in total. The van der Waals surface area contributed by atoms with Gasteiger partial charge in [-0.2, -0.15) is 5.10 Å². The van der Waals surface area contributed by atoms with Gasteiger partial charge in [0.1, 0.15) is 17.1 Å². The van der Waals surface area contributed by atoms with E-state index in [0.717, 1.165) is 11.1 Å². The minimum Gasteiger partial charge on any atom is -0.507 e. The molecule has 0 spiro atoms. The molecule has 4 aromatic rings. The number of hydrogen-bond acceptors (Lipinski definition) is 5. The van der Waals surface area contributed by atoms with Crippen molar-refractivity contribution < 1.29 is 19.7 Å². The Morgan fingerprint density at radius 3 is 2.57 bits per heavy atom. The van der Waals surface area contributed by atoms with Crippen molar-refractivity contribution in [2.75, 3.05) is 7.11 Å². The van der Waals surface area contributed by atoms with Crippen molar-refractivity contribution in [2.45, 2.75) is 19.5 Å². The number of methoxy groups -OCH3 is 1. The van der Waals surface area contributed by atoms with E-state index in [0.29, 0.717) is 38.1 Å². The molecule has 3 aromatic carbocycles. The molecule has 2 heterocycles. The minimum absolute atomic E-state index is 0.000222. The van der Waals surface area contributed by atoms with Gasteiger partial charge in [0.25, 0.3) is 5.91 Å². The standard InChI is InChI=1S/C26H21Cl2N3O4/c1-13-9-20(33)16(11-18(13)28)23-22-24(30-29-23)26(34)31(12-15-5-3-4-6-17(15)27)25(22)14-7-8-19(32)21(10-14)35-2/h3-11,25,32-33H,12H2,1-2H3,(H,29,30). The minimum atomic E-state index is -0.600. The molecule has 1 atom stereocenters. The predicted octanol–water partition coefficient (Wildman–Crippen LogP) is 5.86. The van der Waals surface area contributed by atoms with E-state index in [4.69, 9.17) is 27.9 Å². The number of fused-ring (bicyclic) bond motifs is 1. The zero-order valence-electron chi connectivity index (χ0n) is 18.8. The molecule has 1 aliphatic rings. The van der Waals surface area contributed by atoms with E-state index >= 15 is 0 Å². The molecule has 0 bridgehead atoms. The number of rotatable bonds is 5. The number of hydrogen-bond donors (Lipinski definition) is 3. The highest BCUT2D eigenvalue weighted by Crippen LogP contribution is 2.47. The third-order valence-corrected chi connectivity index (χ3v) is 6.99. The summed E-state index contributed by atoms with van der Waals surface area (Å²) < 4.78 is 5.32. The molecule has 0 saturated heterocycles. The maximum Gasteiger partial charge on any atom is 0.273 e. The Hall–Kier alpha value is -3.68. The number of halogens is 2. The number of phenols is 2. The molecule has 1 unspecified atom stereocenters. The van der Waals surface area contributed by atoms with Crippen LogP contribution >= 0.6 is 23.2 Å². The molecular weight excluding hydrogens is 489 g/mol. The second-order valence-electron chi connectivity index (χ2n) is 8.34. The van der Waals surface area contributed by atoms with Gasteiger partial charge < -0.3 is 19.8 Å². The molecule has 178 valence electrons. The number of nitrogens with zero attached hydrogens (tertiary/aromatic N) is 2. The molecule has 5 rings (SSSR count). The lowest BCUT2D eigenvalue weighted by atomic mass is 9.94. The first-order valence-corrected chi connectivity index (χ1v) is 11.5. The third-order valence-electron chi connectivity index (χ3n) is 6.21. The fourth-order valence-corrected chi connectivity index (χ4v) is 4.80. The van der Waals surface area contributed by atoms with Gasteiger partial charge >= 0.3 is 0 Å². The summed E-state index contributed by atoms with van der Waals surface area (Å²) in [6.45, 7) is 2.02. The van der Waals surface area contributed by atoms with Crippen LogP contribution in [0.1, 0.15) is 38.8 Å². The average molecular weight is 510 g/mol. The maximum absolute atomic E-state index is 13.6. The van der Waals surface area contributed by atoms with Gasteiger partial charge in [-0.1, -0.05) is 47.5 Å². The molecule has 9 heteroatoms. The number of H-pyrrole nitrogens is 1. The van der Waals surface area contributed by atoms with Crippen LogP contribution in [0.2, 0.25) is 10.0 Å². The largest absolute Gasteiger partial charge is 0.507 e. The number of carbonyl (C=O) groups is 1. The van der Waals surface area contributed by atoms with Crippen LogP contribution in [0.5, 0.6) is 17.2 Å². The van der Waals surface area contributed by atoms with Crippen LogP contribution in [0.3, 0.4) is 0 Å². The summed E-state index contributed by atoms with van der Waals surface area (Å²) in [5.41, 5.74) is 3.90. The van der Waals surface area contributed by atoms with E-state index in [-0.39, 0.29) is 29.7 Å². The second kappa shape index (κ2) is 8.83. The first kappa shape index (κ1) is 23.1. The van der Waals surface area contributed by atoms with E-state index < -0.39 is 6.04 Å². The van der Waals surface area contributed by atoms with Crippen LogP contribution in [0, 0.1) is 6.92 Å². The first-order chi connectivity index (χ1) is 16.8. The van der Waals surface area contributed by atoms with Gasteiger partial charge in [-0.3, -0.25) is 9.89 Å². The number of benzene rings is 3. The Balaban J connectivity index is 1.71. The second-order valence-corrected chi connectivity index (χ2v) is 9.15. The lowest BCUT2D eigenvalue weighted by Gasteiger charge is -2.27. The van der Waals surface area contributed by atoms with Gasteiger partial charge in [-0.15, -0.1) is 0 Å². The molecule has 1 amide bonds. The SMILES string of the molecule is COc1cc(C2c3c(-c4cc(Cl)c(C)cc4O)n[nH]c3C(=O)N2Cc2ccccc2Cl)ccc1O. The van der Waals surface area contributed by atoms with Crippen molar-refractivity contribution in [3.8, 4) is 28.5 Å². The number of nitrogens with one attached hydrogen (secondary N) is 1. The molecule has 35 heavy (non-hydrogen) atoms. The maximum atomic E-state index is 13.6. The van der Waals surface area contributed by atoms with Crippen molar-refractivity contribution in [1.82, 2.24) is 15.1 Å². The van der Waals surface area contributed by atoms with Crippen LogP contribution in [-0.2, 0) is 6.54 Å². The molecule has 1 aromatic heterocycles. The summed E-state index contributed by atoms with van der Waals surface area (Å²) in [5, 5.41) is 29.1. The van der Waals surface area contributed by atoms with Crippen molar-refractivity contribution >= 4 is 29.1 Å². The quantitative estimate of drug-likeness (QED) is 0.313. The summed E-state index contributed by atoms with van der Waals surface area (Å²) in [6, 6.07) is 14.8. The van der Waals surface area contributed by atoms with E-state index in [9.17, 15) is 15.0 Å². The van der Waals surface area contributed by atoms with Crippen LogP contribution in [0.25, 0.3) is 11.3 Å². The summed E-state index contributed by atoms with van der Waals surface area (Å²) in [5.74, 6) is -0.0187. The van der Waals surface area contributed by atoms with Crippen LogP contribution in [0.4, 0.5) is 0 Å². The number of ether oxygens (including phenoxy) is 1. The predicted molar refractivity (Wildman–Crippen MR) is 133 cm³/mol. The van der Waals surface area contributed by atoms with Gasteiger partial charge in [0.15, 0.2) is 11.5 Å². The van der Waals surface area contributed by atoms with Gasteiger partial charge in [0.2, 0.25) is 0 Å². The van der Waals surface area contributed by atoms with Crippen LogP contribution < -0.4 is 4.74 Å². The van der Waals surface area contributed by atoms with Gasteiger partial charge in [-0.25, -0.2) is 0 Å². The molecular formula is C26H21Cl2N3O4. The van der Waals surface area contributed by atoms with Crippen molar-refractivity contribution in [1.29, 1.82) is 0 Å². The highest BCUT2D eigenvalue weighted by molar-refractivity contribution is 6.32. The fraction of sp³-hybridized carbons (Fsp3) is 0.154. The number of aromatic amines is 1. The normalized spacial score (nSPS) is 14.9. The first-order valence-electron chi connectivity index (χ1n) is 10.8. The Labute approximate surface area is 211 Å². The number of aromatic hydroxyl groups is 2. The Morgan fingerprint density at radius 1 is 1.06 bits per heavy atom. The van der Waals surface area contributed by atoms with Gasteiger partial charge in [0.05, 0.1) is 13.2 Å². The lowest BCUT2D eigenvalue weighted by Crippen LogP contribution is -2.29. The average Bonchev–Trinajstić information content (AvgIpc) is 3.37. The summed E-state index contributed by atoms with van der Waals surface area (Å²) in [7, 11) is 1.46. The molecule has 1 aliphatic heterocycles. The van der Waals surface area contributed by atoms with Crippen molar-refractivity contribution in [3.63, 3.8) is 0 Å². The highest BCUT2D eigenvalue weighted by Gasteiger charge is 2.43. The number of aryl methyl sites for hydroxylation is 1. The molecule has 0 fully saturated rings. The zero-order chi connectivity index (χ0) is 24.9. The third kappa shape index (κ3) is 3.87. The summed E-state index contributed by atoms with van der Waals surface area (Å²) in [6.07, 6.45) is 0. The zero-order valence-corrected chi connectivity index (χ0v) is 20.4. The topological polar surface area (TPSA) is 98.7 Å².